The molecule has 0 saturated heterocycles. The first kappa shape index (κ1) is 57.5. The monoisotopic (exact) mass is 1180 g/mol. The van der Waals surface area contributed by atoms with Crippen molar-refractivity contribution in [3.63, 3.8) is 0 Å². The standard InChI is InChI=1S/C84H74BClN2Si/c1-82(2,3)62-43-49-75(70(51-62)58-28-16-10-17-29-58)87-77-56-65(86)44-47-73(77)85-74-50-61(57-40-45-69(46-41-57)89(66-34-22-13-23-35-66,67-36-24-14-25-37-67)68-38-26-15-27-39-68)42-48-76(74)88(79-55-64(84(7,8)9)54-78(87)80(79)85)81-71(59-30-18-11-19-31-59)52-63(83(4,5)6)53-72(81)60-32-20-12-21-33-60/h10-56H,1-9H3. The molecule has 0 aliphatic carbocycles. The molecule has 0 bridgehead atoms. The van der Waals surface area contributed by atoms with E-state index in [2.05, 4.69) is 357 Å². The normalized spacial score (nSPS) is 13.0. The molecule has 12 aromatic carbocycles. The summed E-state index contributed by atoms with van der Waals surface area (Å²) in [6.07, 6.45) is 0. The maximum atomic E-state index is 7.37. The Morgan fingerprint density at radius 1 is 0.292 bits per heavy atom. The molecule has 0 saturated carbocycles. The summed E-state index contributed by atoms with van der Waals surface area (Å²) in [7, 11) is -2.79. The smallest absolute Gasteiger partial charge is 0.252 e. The predicted octanol–water partition coefficient (Wildman–Crippen LogP) is 18.4. The minimum absolute atomic E-state index is 0.0873. The molecular weight excluding hydrogens is 1110 g/mol. The predicted molar refractivity (Wildman–Crippen MR) is 387 cm³/mol. The van der Waals surface area contributed by atoms with Gasteiger partial charge in [0.2, 0.25) is 0 Å². The van der Waals surface area contributed by atoms with Gasteiger partial charge in [0.05, 0.1) is 11.4 Å². The Morgan fingerprint density at radius 3 is 1.18 bits per heavy atom. The molecule has 2 nitrogen and oxygen atoms in total. The van der Waals surface area contributed by atoms with Crippen LogP contribution in [-0.2, 0) is 16.2 Å². The fourth-order valence-electron chi connectivity index (χ4n) is 14.1. The SMILES string of the molecule is CC(C)(C)c1ccc(N2c3cc(Cl)ccc3B3c4cc(-c5ccc([Si](c6ccccc6)(c6ccccc6)c6ccccc6)cc5)ccc4N(c4c(-c5ccccc5)cc(C(C)(C)C)cc4-c4ccccc4)c4cc(C(C)(C)C)cc2c43)c(-c2ccccc2)c1. The van der Waals surface area contributed by atoms with Crippen LogP contribution in [0.25, 0.3) is 44.5 Å². The zero-order valence-electron chi connectivity index (χ0n) is 52.5. The first-order chi connectivity index (χ1) is 43.0. The first-order valence-electron chi connectivity index (χ1n) is 31.5. The van der Waals surface area contributed by atoms with E-state index >= 15 is 0 Å². The quantitative estimate of drug-likeness (QED) is 0.0995. The zero-order valence-corrected chi connectivity index (χ0v) is 54.2. The number of benzene rings is 12. The number of rotatable bonds is 10. The Labute approximate surface area is 533 Å². The minimum Gasteiger partial charge on any atom is -0.311 e. The van der Waals surface area contributed by atoms with Crippen LogP contribution in [0.4, 0.5) is 34.1 Å². The highest BCUT2D eigenvalue weighted by atomic mass is 35.5. The zero-order chi connectivity index (χ0) is 61.4. The van der Waals surface area contributed by atoms with Gasteiger partial charge in [0.25, 0.3) is 6.71 Å². The average Bonchev–Trinajstić information content (AvgIpc) is 0.702. The molecule has 89 heavy (non-hydrogen) atoms. The van der Waals surface area contributed by atoms with Gasteiger partial charge in [-0.2, -0.15) is 0 Å². The van der Waals surface area contributed by atoms with E-state index in [1.165, 1.54) is 92.9 Å². The molecule has 12 aromatic rings. The summed E-state index contributed by atoms with van der Waals surface area (Å²) in [6.45, 7) is 20.9. The lowest BCUT2D eigenvalue weighted by Crippen LogP contribution is -2.74. The van der Waals surface area contributed by atoms with E-state index in [9.17, 15) is 0 Å². The number of hydrogen-bond donors (Lipinski definition) is 0. The van der Waals surface area contributed by atoms with Gasteiger partial charge in [-0.15, -0.1) is 0 Å². The molecule has 0 aromatic heterocycles. The van der Waals surface area contributed by atoms with Crippen molar-refractivity contribution in [2.24, 2.45) is 0 Å². The van der Waals surface area contributed by atoms with Crippen LogP contribution < -0.4 is 46.9 Å². The molecule has 5 heteroatoms. The number of nitrogens with zero attached hydrogens (tertiary/aromatic N) is 2. The number of halogens is 1. The molecule has 0 N–H and O–H groups in total. The maximum Gasteiger partial charge on any atom is 0.252 e. The topological polar surface area (TPSA) is 6.48 Å². The van der Waals surface area contributed by atoms with Gasteiger partial charge in [-0.05, 0) is 152 Å². The molecule has 0 spiro atoms. The molecule has 2 heterocycles. The highest BCUT2D eigenvalue weighted by molar-refractivity contribution is 7.19. The Bertz CT molecular complexity index is 4430. The Balaban J connectivity index is 1.08. The molecule has 0 radical (unpaired) electrons. The third kappa shape index (κ3) is 10.2. The number of hydrogen-bond acceptors (Lipinski definition) is 2. The third-order valence-electron chi connectivity index (χ3n) is 18.7. The first-order valence-corrected chi connectivity index (χ1v) is 33.8. The van der Waals surface area contributed by atoms with E-state index in [1.54, 1.807) is 0 Å². The van der Waals surface area contributed by atoms with Gasteiger partial charge >= 0.3 is 0 Å². The molecule has 0 amide bonds. The largest absolute Gasteiger partial charge is 0.311 e. The molecule has 0 unspecified atom stereocenters. The maximum absolute atomic E-state index is 7.37. The second-order valence-corrected chi connectivity index (χ2v) is 31.7. The lowest BCUT2D eigenvalue weighted by atomic mass is 9.33. The number of anilines is 6. The van der Waals surface area contributed by atoms with Crippen molar-refractivity contribution in [3.8, 4) is 44.5 Å². The van der Waals surface area contributed by atoms with E-state index in [-0.39, 0.29) is 23.0 Å². The Hall–Kier alpha value is -9.19. The number of fused-ring (bicyclic) bond motifs is 4. The van der Waals surface area contributed by atoms with Crippen LogP contribution in [0.15, 0.2) is 285 Å². The molecule has 14 rings (SSSR count). The van der Waals surface area contributed by atoms with E-state index in [1.807, 2.05) is 0 Å². The highest BCUT2D eigenvalue weighted by Crippen LogP contribution is 2.53. The molecule has 434 valence electrons. The third-order valence-corrected chi connectivity index (χ3v) is 23.8. The van der Waals surface area contributed by atoms with Crippen LogP contribution in [0.1, 0.15) is 79.0 Å². The lowest BCUT2D eigenvalue weighted by Gasteiger charge is -2.46. The van der Waals surface area contributed by atoms with Gasteiger partial charge < -0.3 is 9.80 Å². The second kappa shape index (κ2) is 22.4. The summed E-state index contributed by atoms with van der Waals surface area (Å²) in [6, 6.07) is 108. The van der Waals surface area contributed by atoms with Crippen molar-refractivity contribution in [2.75, 3.05) is 9.80 Å². The van der Waals surface area contributed by atoms with Gasteiger partial charge in [0, 0.05) is 44.5 Å². The summed E-state index contributed by atoms with van der Waals surface area (Å²) in [4.78, 5) is 5.23. The average molecular weight is 1190 g/mol. The van der Waals surface area contributed by atoms with Gasteiger partial charge in [-0.25, -0.2) is 0 Å². The van der Waals surface area contributed by atoms with Crippen molar-refractivity contribution in [1.29, 1.82) is 0 Å². The second-order valence-electron chi connectivity index (χ2n) is 27.4. The lowest BCUT2D eigenvalue weighted by molar-refractivity contribution is 0.590. The highest BCUT2D eigenvalue weighted by Gasteiger charge is 2.46. The van der Waals surface area contributed by atoms with E-state index < -0.39 is 8.07 Å². The summed E-state index contributed by atoms with van der Waals surface area (Å²) in [5.74, 6) is 0. The molecule has 0 fully saturated rings. The fourth-order valence-corrected chi connectivity index (χ4v) is 19.0. The molecule has 2 aliphatic heterocycles. The summed E-state index contributed by atoms with van der Waals surface area (Å²) in [5.41, 5.74) is 23.2. The van der Waals surface area contributed by atoms with E-state index in [0.29, 0.717) is 5.02 Å². The Kier molecular flexibility index (Phi) is 14.5. The summed E-state index contributed by atoms with van der Waals surface area (Å²) in [5, 5.41) is 6.11. The van der Waals surface area contributed by atoms with Gasteiger partial charge in [0.1, 0.15) is 0 Å². The van der Waals surface area contributed by atoms with Gasteiger partial charge in [-0.3, -0.25) is 0 Å². The Morgan fingerprint density at radius 2 is 0.697 bits per heavy atom. The van der Waals surface area contributed by atoms with Crippen LogP contribution in [0.5, 0.6) is 0 Å². The van der Waals surface area contributed by atoms with Crippen LogP contribution >= 0.6 is 11.6 Å². The van der Waals surface area contributed by atoms with Crippen molar-refractivity contribution in [2.45, 2.75) is 78.6 Å². The molecule has 2 aliphatic rings. The summed E-state index contributed by atoms with van der Waals surface area (Å²) < 4.78 is 0. The van der Waals surface area contributed by atoms with Crippen molar-refractivity contribution < 1.29 is 0 Å². The van der Waals surface area contributed by atoms with E-state index in [4.69, 9.17) is 11.6 Å². The van der Waals surface area contributed by atoms with Crippen molar-refractivity contribution in [1.82, 2.24) is 0 Å². The molecule has 0 atom stereocenters. The van der Waals surface area contributed by atoms with Crippen LogP contribution in [-0.4, -0.2) is 14.8 Å². The fraction of sp³-hybridized carbons (Fsp3) is 0.143. The van der Waals surface area contributed by atoms with Crippen LogP contribution in [0.2, 0.25) is 5.02 Å². The summed E-state index contributed by atoms with van der Waals surface area (Å²) >= 11 is 7.37. The van der Waals surface area contributed by atoms with Gasteiger partial charge in [0.15, 0.2) is 8.07 Å². The van der Waals surface area contributed by atoms with E-state index in [0.717, 1.165) is 39.6 Å². The molecular formula is C84H74BClN2Si. The van der Waals surface area contributed by atoms with Crippen LogP contribution in [0, 0.1) is 0 Å². The minimum atomic E-state index is -2.79. The van der Waals surface area contributed by atoms with Crippen LogP contribution in [0.3, 0.4) is 0 Å². The van der Waals surface area contributed by atoms with Crippen molar-refractivity contribution in [3.05, 3.63) is 307 Å². The van der Waals surface area contributed by atoms with Crippen molar-refractivity contribution >= 4 is 97.6 Å². The van der Waals surface area contributed by atoms with Gasteiger partial charge in [-0.1, -0.05) is 304 Å².